The van der Waals surface area contributed by atoms with Gasteiger partial charge in [0.2, 0.25) is 0 Å². The minimum Gasteiger partial charge on any atom is -0.316 e. The third-order valence-corrected chi connectivity index (χ3v) is 3.72. The Labute approximate surface area is 95.4 Å². The van der Waals surface area contributed by atoms with E-state index in [0.29, 0.717) is 5.41 Å². The highest BCUT2D eigenvalue weighted by Crippen LogP contribution is 2.30. The minimum atomic E-state index is 0.574. The first-order valence-electron chi connectivity index (χ1n) is 6.69. The largest absolute Gasteiger partial charge is 0.316 e. The highest BCUT2D eigenvalue weighted by atomic mass is 15.1. The molecule has 0 aromatic rings. The van der Waals surface area contributed by atoms with Crippen molar-refractivity contribution in [2.75, 3.05) is 32.7 Å². The van der Waals surface area contributed by atoms with Crippen molar-refractivity contribution >= 4 is 0 Å². The van der Waals surface area contributed by atoms with Crippen LogP contribution in [0.3, 0.4) is 0 Å². The zero-order valence-corrected chi connectivity index (χ0v) is 10.8. The predicted molar refractivity (Wildman–Crippen MR) is 67.2 cm³/mol. The summed E-state index contributed by atoms with van der Waals surface area (Å²) in [6, 6.07) is 0. The molecule has 1 heterocycles. The van der Waals surface area contributed by atoms with E-state index in [-0.39, 0.29) is 0 Å². The zero-order valence-electron chi connectivity index (χ0n) is 10.8. The van der Waals surface area contributed by atoms with E-state index in [0.717, 1.165) is 0 Å². The fraction of sp³-hybridized carbons (Fsp3) is 1.00. The lowest BCUT2D eigenvalue weighted by molar-refractivity contribution is 0.158. The molecule has 0 spiro atoms. The Morgan fingerprint density at radius 2 is 1.80 bits per heavy atom. The molecule has 1 rings (SSSR count). The smallest absolute Gasteiger partial charge is 0.00505 e. The van der Waals surface area contributed by atoms with Crippen LogP contribution in [0.25, 0.3) is 0 Å². The monoisotopic (exact) mass is 212 g/mol. The van der Waals surface area contributed by atoms with Crippen molar-refractivity contribution in [3.05, 3.63) is 0 Å². The molecule has 0 aromatic heterocycles. The van der Waals surface area contributed by atoms with Gasteiger partial charge in [0.15, 0.2) is 0 Å². The van der Waals surface area contributed by atoms with Gasteiger partial charge in [-0.15, -0.1) is 0 Å². The summed E-state index contributed by atoms with van der Waals surface area (Å²) < 4.78 is 0. The average Bonchev–Trinajstić information content (AvgIpc) is 2.68. The number of hydrogen-bond donors (Lipinski definition) is 1. The third-order valence-electron chi connectivity index (χ3n) is 3.72. The van der Waals surface area contributed by atoms with Gasteiger partial charge in [-0.1, -0.05) is 20.8 Å². The van der Waals surface area contributed by atoms with Crippen LogP contribution in [0.4, 0.5) is 0 Å². The molecule has 0 amide bonds. The molecular weight excluding hydrogens is 184 g/mol. The molecule has 90 valence electrons. The van der Waals surface area contributed by atoms with Gasteiger partial charge >= 0.3 is 0 Å². The van der Waals surface area contributed by atoms with Crippen LogP contribution in [0.15, 0.2) is 0 Å². The summed E-state index contributed by atoms with van der Waals surface area (Å²) in [5.74, 6) is 0. The molecule has 1 saturated heterocycles. The maximum atomic E-state index is 3.53. The lowest BCUT2D eigenvalue weighted by atomic mass is 9.83. The van der Waals surface area contributed by atoms with Gasteiger partial charge in [-0.05, 0) is 50.7 Å². The van der Waals surface area contributed by atoms with Crippen molar-refractivity contribution in [2.45, 2.75) is 46.5 Å². The quantitative estimate of drug-likeness (QED) is 0.697. The molecule has 0 aliphatic carbocycles. The first-order valence-corrected chi connectivity index (χ1v) is 6.69. The second-order valence-electron chi connectivity index (χ2n) is 5.06. The highest BCUT2D eigenvalue weighted by Gasteiger charge is 2.33. The van der Waals surface area contributed by atoms with E-state index < -0.39 is 0 Å². The molecule has 1 unspecified atom stereocenters. The van der Waals surface area contributed by atoms with Crippen LogP contribution >= 0.6 is 0 Å². The van der Waals surface area contributed by atoms with Gasteiger partial charge in [0.1, 0.15) is 0 Å². The van der Waals surface area contributed by atoms with Crippen LogP contribution in [-0.2, 0) is 0 Å². The standard InChI is InChI=1S/C13H28N2/c1-4-9-15(10-5-2)12-13(6-3)7-8-14-11-13/h14H,4-12H2,1-3H3. The van der Waals surface area contributed by atoms with E-state index in [4.69, 9.17) is 0 Å². The maximum Gasteiger partial charge on any atom is 0.00505 e. The second-order valence-corrected chi connectivity index (χ2v) is 5.06. The van der Waals surface area contributed by atoms with Crippen LogP contribution in [0.5, 0.6) is 0 Å². The van der Waals surface area contributed by atoms with Crippen molar-refractivity contribution in [1.29, 1.82) is 0 Å². The summed E-state index contributed by atoms with van der Waals surface area (Å²) in [5.41, 5.74) is 0.574. The third kappa shape index (κ3) is 3.76. The molecule has 1 atom stereocenters. The summed E-state index contributed by atoms with van der Waals surface area (Å²) in [6.07, 6.45) is 5.26. The maximum absolute atomic E-state index is 3.53. The van der Waals surface area contributed by atoms with Crippen molar-refractivity contribution in [3.63, 3.8) is 0 Å². The number of nitrogens with one attached hydrogen (secondary N) is 1. The van der Waals surface area contributed by atoms with Gasteiger partial charge in [-0.2, -0.15) is 0 Å². The molecule has 1 fully saturated rings. The van der Waals surface area contributed by atoms with Crippen LogP contribution in [-0.4, -0.2) is 37.6 Å². The Bertz CT molecular complexity index is 156. The molecule has 0 saturated carbocycles. The number of hydrogen-bond acceptors (Lipinski definition) is 2. The van der Waals surface area contributed by atoms with Crippen molar-refractivity contribution in [3.8, 4) is 0 Å². The van der Waals surface area contributed by atoms with E-state index in [1.54, 1.807) is 0 Å². The number of rotatable bonds is 7. The Hall–Kier alpha value is -0.0800. The van der Waals surface area contributed by atoms with Gasteiger partial charge < -0.3 is 10.2 Å². The fourth-order valence-electron chi connectivity index (χ4n) is 2.72. The first kappa shape index (κ1) is 13.0. The van der Waals surface area contributed by atoms with E-state index in [1.807, 2.05) is 0 Å². The van der Waals surface area contributed by atoms with Crippen LogP contribution < -0.4 is 5.32 Å². The zero-order chi connectivity index (χ0) is 11.1. The topological polar surface area (TPSA) is 15.3 Å². The molecule has 2 heteroatoms. The van der Waals surface area contributed by atoms with Crippen LogP contribution in [0.2, 0.25) is 0 Å². The summed E-state index contributed by atoms with van der Waals surface area (Å²) in [5, 5.41) is 3.53. The van der Waals surface area contributed by atoms with E-state index in [2.05, 4.69) is 31.0 Å². The molecule has 1 aliphatic heterocycles. The molecule has 0 radical (unpaired) electrons. The Morgan fingerprint density at radius 3 is 2.20 bits per heavy atom. The van der Waals surface area contributed by atoms with Crippen molar-refractivity contribution < 1.29 is 0 Å². The molecule has 1 N–H and O–H groups in total. The van der Waals surface area contributed by atoms with Gasteiger partial charge in [-0.3, -0.25) is 0 Å². The lowest BCUT2D eigenvalue weighted by Crippen LogP contribution is -2.39. The predicted octanol–water partition coefficient (Wildman–Crippen LogP) is 2.50. The number of nitrogens with zero attached hydrogens (tertiary/aromatic N) is 1. The van der Waals surface area contributed by atoms with Crippen molar-refractivity contribution in [2.24, 2.45) is 5.41 Å². The van der Waals surface area contributed by atoms with Gasteiger partial charge in [-0.25, -0.2) is 0 Å². The first-order chi connectivity index (χ1) is 7.26. The summed E-state index contributed by atoms with van der Waals surface area (Å²) in [6.45, 7) is 13.2. The normalized spacial score (nSPS) is 26.4. The van der Waals surface area contributed by atoms with Gasteiger partial charge in [0.05, 0.1) is 0 Å². The fourth-order valence-corrected chi connectivity index (χ4v) is 2.72. The van der Waals surface area contributed by atoms with E-state index in [1.165, 1.54) is 58.4 Å². The van der Waals surface area contributed by atoms with Gasteiger partial charge in [0, 0.05) is 13.1 Å². The Morgan fingerprint density at radius 1 is 1.13 bits per heavy atom. The molecule has 0 bridgehead atoms. The van der Waals surface area contributed by atoms with Crippen LogP contribution in [0, 0.1) is 5.41 Å². The van der Waals surface area contributed by atoms with E-state index >= 15 is 0 Å². The molecular formula is C13H28N2. The molecule has 15 heavy (non-hydrogen) atoms. The Balaban J connectivity index is 2.46. The summed E-state index contributed by atoms with van der Waals surface area (Å²) in [4.78, 5) is 2.66. The molecule has 2 nitrogen and oxygen atoms in total. The van der Waals surface area contributed by atoms with E-state index in [9.17, 15) is 0 Å². The lowest BCUT2D eigenvalue weighted by Gasteiger charge is -2.34. The summed E-state index contributed by atoms with van der Waals surface area (Å²) in [7, 11) is 0. The Kier molecular flexibility index (Phi) is 5.62. The summed E-state index contributed by atoms with van der Waals surface area (Å²) >= 11 is 0. The average molecular weight is 212 g/mol. The molecule has 0 aromatic carbocycles. The second kappa shape index (κ2) is 6.49. The van der Waals surface area contributed by atoms with Gasteiger partial charge in [0.25, 0.3) is 0 Å². The SMILES string of the molecule is CCCN(CCC)CC1(CC)CCNC1. The molecule has 1 aliphatic rings. The van der Waals surface area contributed by atoms with Crippen molar-refractivity contribution in [1.82, 2.24) is 10.2 Å². The van der Waals surface area contributed by atoms with Crippen LogP contribution in [0.1, 0.15) is 46.5 Å². The minimum absolute atomic E-state index is 0.574. The highest BCUT2D eigenvalue weighted by molar-refractivity contribution is 4.89.